The summed E-state index contributed by atoms with van der Waals surface area (Å²) in [6.07, 6.45) is 0.198. The Morgan fingerprint density at radius 2 is 1.12 bits per heavy atom. The molecular formula is C36H32N2O4. The third-order valence-corrected chi connectivity index (χ3v) is 6.83. The third-order valence-electron chi connectivity index (χ3n) is 6.83. The summed E-state index contributed by atoms with van der Waals surface area (Å²) >= 11 is 0. The molecule has 0 aliphatic rings. The molecule has 0 unspecified atom stereocenters. The fourth-order valence-corrected chi connectivity index (χ4v) is 4.53. The molecule has 5 rings (SSSR count). The van der Waals surface area contributed by atoms with E-state index in [4.69, 9.17) is 15.2 Å². The first kappa shape index (κ1) is 28.2. The Morgan fingerprint density at radius 1 is 0.595 bits per heavy atom. The monoisotopic (exact) mass is 556 g/mol. The van der Waals surface area contributed by atoms with E-state index in [0.717, 1.165) is 27.8 Å². The maximum atomic E-state index is 13.0. The molecule has 6 nitrogen and oxygen atoms in total. The van der Waals surface area contributed by atoms with E-state index in [9.17, 15) is 9.59 Å². The van der Waals surface area contributed by atoms with Crippen molar-refractivity contribution >= 4 is 11.8 Å². The lowest BCUT2D eigenvalue weighted by Crippen LogP contribution is -2.45. The molecule has 0 aliphatic heterocycles. The molecule has 0 heterocycles. The van der Waals surface area contributed by atoms with Gasteiger partial charge in [0.25, 0.3) is 5.91 Å². The lowest BCUT2D eigenvalue weighted by molar-refractivity contribution is -0.119. The number of benzene rings is 5. The van der Waals surface area contributed by atoms with Gasteiger partial charge in [0.15, 0.2) is 11.5 Å². The molecule has 2 amide bonds. The highest BCUT2D eigenvalue weighted by atomic mass is 16.5. The predicted molar refractivity (Wildman–Crippen MR) is 164 cm³/mol. The number of carbonyl (C=O) groups excluding carboxylic acids is 2. The molecule has 0 aromatic heterocycles. The summed E-state index contributed by atoms with van der Waals surface area (Å²) in [5.74, 6) is 0.122. The van der Waals surface area contributed by atoms with Crippen LogP contribution in [0.15, 0.2) is 133 Å². The van der Waals surface area contributed by atoms with Crippen molar-refractivity contribution in [3.05, 3.63) is 156 Å². The van der Waals surface area contributed by atoms with Crippen LogP contribution in [0.5, 0.6) is 11.5 Å². The van der Waals surface area contributed by atoms with Gasteiger partial charge >= 0.3 is 0 Å². The molecule has 0 bridgehead atoms. The topological polar surface area (TPSA) is 90.7 Å². The van der Waals surface area contributed by atoms with Crippen LogP contribution in [0.2, 0.25) is 0 Å². The molecule has 210 valence electrons. The van der Waals surface area contributed by atoms with E-state index >= 15 is 0 Å². The molecular weight excluding hydrogens is 524 g/mol. The second kappa shape index (κ2) is 13.8. The Labute approximate surface area is 245 Å². The number of primary amides is 1. The lowest BCUT2D eigenvalue weighted by Gasteiger charge is -2.18. The first-order chi connectivity index (χ1) is 20.5. The van der Waals surface area contributed by atoms with Crippen molar-refractivity contribution in [3.8, 4) is 22.6 Å². The summed E-state index contributed by atoms with van der Waals surface area (Å²) in [4.78, 5) is 25.4. The number of rotatable bonds is 12. The Kier molecular flexibility index (Phi) is 9.27. The van der Waals surface area contributed by atoms with Crippen LogP contribution in [-0.2, 0) is 24.4 Å². The maximum Gasteiger partial charge on any atom is 0.251 e. The second-order valence-corrected chi connectivity index (χ2v) is 9.91. The van der Waals surface area contributed by atoms with Gasteiger partial charge in [-0.1, -0.05) is 109 Å². The predicted octanol–water partition coefficient (Wildman–Crippen LogP) is 6.34. The van der Waals surface area contributed by atoms with E-state index in [2.05, 4.69) is 5.32 Å². The Hall–Kier alpha value is -5.36. The SMILES string of the molecule is NC(=O)[C@H](Cc1ccc(OCc2ccccc2)c(OCc2ccccc2)c1)NC(=O)c1ccc(-c2ccccc2)cc1. The molecule has 5 aromatic rings. The van der Waals surface area contributed by atoms with E-state index in [1.54, 1.807) is 12.1 Å². The van der Waals surface area contributed by atoms with Gasteiger partial charge in [-0.3, -0.25) is 9.59 Å². The van der Waals surface area contributed by atoms with Crippen LogP contribution in [-0.4, -0.2) is 17.9 Å². The van der Waals surface area contributed by atoms with E-state index in [1.165, 1.54) is 0 Å². The minimum atomic E-state index is -0.913. The van der Waals surface area contributed by atoms with E-state index in [0.29, 0.717) is 30.3 Å². The zero-order chi connectivity index (χ0) is 29.1. The molecule has 6 heteroatoms. The van der Waals surface area contributed by atoms with Crippen molar-refractivity contribution in [2.75, 3.05) is 0 Å². The first-order valence-electron chi connectivity index (χ1n) is 13.8. The summed E-state index contributed by atoms with van der Waals surface area (Å²) in [6.45, 7) is 0.728. The molecule has 0 aliphatic carbocycles. The molecule has 0 radical (unpaired) electrons. The largest absolute Gasteiger partial charge is 0.485 e. The van der Waals surface area contributed by atoms with Gasteiger partial charge in [-0.25, -0.2) is 0 Å². The van der Waals surface area contributed by atoms with Gasteiger partial charge in [0.1, 0.15) is 19.3 Å². The molecule has 3 N–H and O–H groups in total. The van der Waals surface area contributed by atoms with Gasteiger partial charge in [0.2, 0.25) is 5.91 Å². The quantitative estimate of drug-likeness (QED) is 0.188. The van der Waals surface area contributed by atoms with Crippen molar-refractivity contribution in [1.82, 2.24) is 5.32 Å². The summed E-state index contributed by atoms with van der Waals surface area (Å²) < 4.78 is 12.3. The highest BCUT2D eigenvalue weighted by Gasteiger charge is 2.21. The normalized spacial score (nSPS) is 11.3. The zero-order valence-corrected chi connectivity index (χ0v) is 23.1. The fourth-order valence-electron chi connectivity index (χ4n) is 4.53. The van der Waals surface area contributed by atoms with Gasteiger partial charge in [0, 0.05) is 12.0 Å². The molecule has 5 aromatic carbocycles. The van der Waals surface area contributed by atoms with Crippen molar-refractivity contribution in [3.63, 3.8) is 0 Å². The van der Waals surface area contributed by atoms with Crippen LogP contribution in [0.4, 0.5) is 0 Å². The molecule has 0 spiro atoms. The Balaban J connectivity index is 1.30. The van der Waals surface area contributed by atoms with Crippen molar-refractivity contribution in [2.45, 2.75) is 25.7 Å². The minimum Gasteiger partial charge on any atom is -0.485 e. The number of ether oxygens (including phenoxy) is 2. The second-order valence-electron chi connectivity index (χ2n) is 9.91. The highest BCUT2D eigenvalue weighted by Crippen LogP contribution is 2.31. The third kappa shape index (κ3) is 7.64. The Morgan fingerprint density at radius 3 is 1.69 bits per heavy atom. The summed E-state index contributed by atoms with van der Waals surface area (Å²) in [5, 5.41) is 2.79. The van der Waals surface area contributed by atoms with Crippen molar-refractivity contribution < 1.29 is 19.1 Å². The van der Waals surface area contributed by atoms with Crippen LogP contribution in [0, 0.1) is 0 Å². The van der Waals surface area contributed by atoms with Gasteiger partial charge in [-0.15, -0.1) is 0 Å². The maximum absolute atomic E-state index is 13.0. The van der Waals surface area contributed by atoms with E-state index < -0.39 is 11.9 Å². The first-order valence-corrected chi connectivity index (χ1v) is 13.8. The number of nitrogens with one attached hydrogen (secondary N) is 1. The molecule has 0 saturated carbocycles. The number of hydrogen-bond acceptors (Lipinski definition) is 4. The lowest BCUT2D eigenvalue weighted by atomic mass is 10.0. The van der Waals surface area contributed by atoms with Crippen LogP contribution < -0.4 is 20.5 Å². The summed E-state index contributed by atoms with van der Waals surface area (Å²) in [7, 11) is 0. The van der Waals surface area contributed by atoms with Crippen molar-refractivity contribution in [1.29, 1.82) is 0 Å². The number of hydrogen-bond donors (Lipinski definition) is 2. The Bertz CT molecular complexity index is 1610. The number of amides is 2. The zero-order valence-electron chi connectivity index (χ0n) is 23.1. The van der Waals surface area contributed by atoms with Gasteiger partial charge in [-0.05, 0) is 52.1 Å². The van der Waals surface area contributed by atoms with E-state index in [1.807, 2.05) is 121 Å². The van der Waals surface area contributed by atoms with Crippen LogP contribution in [0.3, 0.4) is 0 Å². The van der Waals surface area contributed by atoms with Gasteiger partial charge in [-0.2, -0.15) is 0 Å². The van der Waals surface area contributed by atoms with Gasteiger partial charge < -0.3 is 20.5 Å². The minimum absolute atomic E-state index is 0.198. The fraction of sp³-hybridized carbons (Fsp3) is 0.111. The molecule has 0 saturated heterocycles. The number of carbonyl (C=O) groups is 2. The van der Waals surface area contributed by atoms with Gasteiger partial charge in [0.05, 0.1) is 0 Å². The number of nitrogens with two attached hydrogens (primary N) is 1. The van der Waals surface area contributed by atoms with Crippen molar-refractivity contribution in [2.24, 2.45) is 5.73 Å². The highest BCUT2D eigenvalue weighted by molar-refractivity contribution is 5.97. The molecule has 1 atom stereocenters. The molecule has 0 fully saturated rings. The smallest absolute Gasteiger partial charge is 0.251 e. The average molecular weight is 557 g/mol. The van der Waals surface area contributed by atoms with Crippen LogP contribution in [0.1, 0.15) is 27.0 Å². The van der Waals surface area contributed by atoms with Crippen LogP contribution >= 0.6 is 0 Å². The van der Waals surface area contributed by atoms with E-state index in [-0.39, 0.29) is 12.3 Å². The summed E-state index contributed by atoms with van der Waals surface area (Å²) in [5.41, 5.74) is 11.0. The summed E-state index contributed by atoms with van der Waals surface area (Å²) in [6, 6.07) is 41.5. The van der Waals surface area contributed by atoms with Crippen LogP contribution in [0.25, 0.3) is 11.1 Å². The average Bonchev–Trinajstić information content (AvgIpc) is 3.04. The molecule has 42 heavy (non-hydrogen) atoms. The standard InChI is InChI=1S/C36H32N2O4/c37-35(39)32(38-36(40)31-19-17-30(18-20-31)29-14-8-3-9-15-29)22-28-16-21-33(41-24-26-10-4-1-5-11-26)34(23-28)42-25-27-12-6-2-7-13-27/h1-21,23,32H,22,24-25H2,(H2,37,39)(H,38,40)/t32-/m0/s1.